The SMILES string of the molecule is CCOc1cccc(Nc2cc(NC)n3ncc(C(=O)O)c3n2)n1. The average Bonchev–Trinajstić information content (AvgIpc) is 2.99. The Bertz CT molecular complexity index is 892. The Hall–Kier alpha value is -3.36. The first-order valence-electron chi connectivity index (χ1n) is 7.29. The molecule has 3 rings (SSSR count). The van der Waals surface area contributed by atoms with Gasteiger partial charge in [0, 0.05) is 19.2 Å². The zero-order valence-corrected chi connectivity index (χ0v) is 13.1. The van der Waals surface area contributed by atoms with Gasteiger partial charge in [0.15, 0.2) is 5.65 Å². The number of anilines is 3. The number of nitrogens with one attached hydrogen (secondary N) is 2. The Kier molecular flexibility index (Phi) is 4.15. The third-order valence-corrected chi connectivity index (χ3v) is 3.23. The Morgan fingerprint density at radius 2 is 2.17 bits per heavy atom. The fourth-order valence-electron chi connectivity index (χ4n) is 2.20. The van der Waals surface area contributed by atoms with Crippen molar-refractivity contribution in [1.29, 1.82) is 0 Å². The zero-order valence-electron chi connectivity index (χ0n) is 13.1. The van der Waals surface area contributed by atoms with Crippen molar-refractivity contribution in [1.82, 2.24) is 19.6 Å². The minimum atomic E-state index is -1.09. The van der Waals surface area contributed by atoms with E-state index in [1.807, 2.05) is 6.92 Å². The highest BCUT2D eigenvalue weighted by Crippen LogP contribution is 2.22. The van der Waals surface area contributed by atoms with Gasteiger partial charge in [-0.3, -0.25) is 0 Å². The van der Waals surface area contributed by atoms with Crippen molar-refractivity contribution in [2.24, 2.45) is 0 Å². The van der Waals surface area contributed by atoms with E-state index in [1.54, 1.807) is 31.3 Å². The number of aromatic carboxylic acids is 1. The topological polar surface area (TPSA) is 114 Å². The molecule has 3 heterocycles. The summed E-state index contributed by atoms with van der Waals surface area (Å²) < 4.78 is 6.79. The molecule has 0 saturated heterocycles. The lowest BCUT2D eigenvalue weighted by Gasteiger charge is -2.10. The van der Waals surface area contributed by atoms with Crippen molar-refractivity contribution in [3.05, 3.63) is 36.0 Å². The lowest BCUT2D eigenvalue weighted by molar-refractivity contribution is 0.0699. The summed E-state index contributed by atoms with van der Waals surface area (Å²) in [5.74, 6) is 0.976. The van der Waals surface area contributed by atoms with E-state index in [1.165, 1.54) is 10.7 Å². The standard InChI is InChI=1S/C15H16N6O3/c1-3-24-13-6-4-5-10(19-13)18-11-7-12(16-2)21-14(20-11)9(8-17-21)15(22)23/h4-8,16H,3H2,1-2H3,(H,22,23)(H,18,19,20). The lowest BCUT2D eigenvalue weighted by atomic mass is 10.3. The lowest BCUT2D eigenvalue weighted by Crippen LogP contribution is -2.06. The van der Waals surface area contributed by atoms with Crippen LogP contribution in [0.25, 0.3) is 5.65 Å². The van der Waals surface area contributed by atoms with E-state index < -0.39 is 5.97 Å². The quantitative estimate of drug-likeness (QED) is 0.629. The van der Waals surface area contributed by atoms with Gasteiger partial charge in [0.2, 0.25) is 5.88 Å². The largest absolute Gasteiger partial charge is 0.478 e. The van der Waals surface area contributed by atoms with Gasteiger partial charge < -0.3 is 20.5 Å². The fraction of sp³-hybridized carbons (Fsp3) is 0.200. The van der Waals surface area contributed by atoms with Crippen molar-refractivity contribution in [3.63, 3.8) is 0 Å². The molecule has 3 aromatic rings. The van der Waals surface area contributed by atoms with Gasteiger partial charge in [0.05, 0.1) is 12.8 Å². The number of hydrogen-bond donors (Lipinski definition) is 3. The van der Waals surface area contributed by atoms with Crippen LogP contribution in [0, 0.1) is 0 Å². The molecule has 9 nitrogen and oxygen atoms in total. The molecule has 3 N–H and O–H groups in total. The maximum absolute atomic E-state index is 11.3. The average molecular weight is 328 g/mol. The summed E-state index contributed by atoms with van der Waals surface area (Å²) in [5, 5.41) is 19.3. The highest BCUT2D eigenvalue weighted by Gasteiger charge is 2.16. The van der Waals surface area contributed by atoms with Crippen LogP contribution in [0.2, 0.25) is 0 Å². The number of fused-ring (bicyclic) bond motifs is 1. The molecular formula is C15H16N6O3. The summed E-state index contributed by atoms with van der Waals surface area (Å²) in [6, 6.07) is 7.03. The fourth-order valence-corrected chi connectivity index (χ4v) is 2.20. The van der Waals surface area contributed by atoms with E-state index in [0.717, 1.165) is 0 Å². The van der Waals surface area contributed by atoms with Gasteiger partial charge in [-0.25, -0.2) is 9.78 Å². The Morgan fingerprint density at radius 3 is 2.88 bits per heavy atom. The van der Waals surface area contributed by atoms with Gasteiger partial charge in [-0.1, -0.05) is 6.07 Å². The smallest absolute Gasteiger partial charge is 0.341 e. The molecule has 0 amide bonds. The normalized spacial score (nSPS) is 10.6. The first-order valence-corrected chi connectivity index (χ1v) is 7.29. The van der Waals surface area contributed by atoms with Crippen LogP contribution in [0.1, 0.15) is 17.3 Å². The summed E-state index contributed by atoms with van der Waals surface area (Å²) in [6.07, 6.45) is 1.27. The van der Waals surface area contributed by atoms with Crippen LogP contribution < -0.4 is 15.4 Å². The van der Waals surface area contributed by atoms with Gasteiger partial charge in [0.1, 0.15) is 23.0 Å². The highest BCUT2D eigenvalue weighted by molar-refractivity contribution is 5.94. The minimum absolute atomic E-state index is 0.0196. The van der Waals surface area contributed by atoms with Gasteiger partial charge in [-0.05, 0) is 13.0 Å². The van der Waals surface area contributed by atoms with E-state index in [2.05, 4.69) is 25.7 Å². The number of hydrogen-bond acceptors (Lipinski definition) is 7. The van der Waals surface area contributed by atoms with Gasteiger partial charge >= 0.3 is 5.97 Å². The van der Waals surface area contributed by atoms with E-state index in [4.69, 9.17) is 4.74 Å². The first-order chi connectivity index (χ1) is 11.6. The van der Waals surface area contributed by atoms with Crippen molar-refractivity contribution in [2.75, 3.05) is 24.3 Å². The summed E-state index contributed by atoms with van der Waals surface area (Å²) in [6.45, 7) is 2.39. The van der Waals surface area contributed by atoms with E-state index >= 15 is 0 Å². The summed E-state index contributed by atoms with van der Waals surface area (Å²) in [5.41, 5.74) is 0.254. The van der Waals surface area contributed by atoms with Crippen molar-refractivity contribution >= 4 is 29.1 Å². The second kappa shape index (κ2) is 6.41. The molecule has 0 unspecified atom stereocenters. The number of ether oxygens (including phenoxy) is 1. The predicted octanol–water partition coefficient (Wildman–Crippen LogP) is 2.01. The number of pyridine rings is 1. The van der Waals surface area contributed by atoms with Crippen LogP contribution in [0.15, 0.2) is 30.5 Å². The van der Waals surface area contributed by atoms with Gasteiger partial charge in [0.25, 0.3) is 0 Å². The second-order valence-corrected chi connectivity index (χ2v) is 4.79. The van der Waals surface area contributed by atoms with Crippen molar-refractivity contribution in [2.45, 2.75) is 6.92 Å². The Morgan fingerprint density at radius 1 is 1.33 bits per heavy atom. The van der Waals surface area contributed by atoms with Crippen LogP contribution >= 0.6 is 0 Å². The third kappa shape index (κ3) is 2.91. The number of carboxylic acid groups (broad SMARTS) is 1. The Labute approximate surface area is 137 Å². The van der Waals surface area contributed by atoms with Crippen LogP contribution in [0.4, 0.5) is 17.5 Å². The summed E-state index contributed by atoms with van der Waals surface area (Å²) >= 11 is 0. The molecule has 3 aromatic heterocycles. The van der Waals surface area contributed by atoms with E-state index in [-0.39, 0.29) is 11.2 Å². The molecule has 124 valence electrons. The molecule has 0 radical (unpaired) electrons. The number of carbonyl (C=O) groups is 1. The van der Waals surface area contributed by atoms with Gasteiger partial charge in [-0.15, -0.1) is 0 Å². The molecule has 0 saturated carbocycles. The molecule has 9 heteroatoms. The first kappa shape index (κ1) is 15.5. The molecule has 0 aliphatic rings. The molecule has 0 aromatic carbocycles. The molecule has 24 heavy (non-hydrogen) atoms. The van der Waals surface area contributed by atoms with Crippen molar-refractivity contribution < 1.29 is 14.6 Å². The Balaban J connectivity index is 2.01. The molecule has 0 fully saturated rings. The van der Waals surface area contributed by atoms with Crippen LogP contribution in [-0.4, -0.2) is 44.3 Å². The number of aromatic nitrogens is 4. The van der Waals surface area contributed by atoms with Crippen molar-refractivity contribution in [3.8, 4) is 5.88 Å². The van der Waals surface area contributed by atoms with E-state index in [9.17, 15) is 9.90 Å². The minimum Gasteiger partial charge on any atom is -0.478 e. The monoisotopic (exact) mass is 328 g/mol. The predicted molar refractivity (Wildman–Crippen MR) is 88.2 cm³/mol. The number of carboxylic acids is 1. The van der Waals surface area contributed by atoms with Crippen LogP contribution in [0.3, 0.4) is 0 Å². The maximum Gasteiger partial charge on any atom is 0.341 e. The van der Waals surface area contributed by atoms with E-state index in [0.29, 0.717) is 29.9 Å². The molecule has 0 bridgehead atoms. The van der Waals surface area contributed by atoms with Gasteiger partial charge in [-0.2, -0.15) is 14.6 Å². The molecule has 0 aliphatic carbocycles. The molecule has 0 spiro atoms. The number of nitrogens with zero attached hydrogens (tertiary/aromatic N) is 4. The zero-order chi connectivity index (χ0) is 17.1. The number of rotatable bonds is 6. The third-order valence-electron chi connectivity index (χ3n) is 3.23. The summed E-state index contributed by atoms with van der Waals surface area (Å²) in [4.78, 5) is 19.9. The molecule has 0 aliphatic heterocycles. The molecule has 0 atom stereocenters. The molecular weight excluding hydrogens is 312 g/mol. The highest BCUT2D eigenvalue weighted by atomic mass is 16.5. The maximum atomic E-state index is 11.3. The summed E-state index contributed by atoms with van der Waals surface area (Å²) in [7, 11) is 1.72. The van der Waals surface area contributed by atoms with Crippen LogP contribution in [0.5, 0.6) is 5.88 Å². The second-order valence-electron chi connectivity index (χ2n) is 4.79. The van der Waals surface area contributed by atoms with Crippen LogP contribution in [-0.2, 0) is 0 Å².